The molecule has 2 aliphatic rings. The first-order chi connectivity index (χ1) is 9.08. The van der Waals surface area contributed by atoms with Crippen molar-refractivity contribution in [3.8, 4) is 0 Å². The van der Waals surface area contributed by atoms with Gasteiger partial charge >= 0.3 is 5.97 Å². The van der Waals surface area contributed by atoms with Crippen molar-refractivity contribution in [2.24, 2.45) is 0 Å². The number of fused-ring (bicyclic) bond motifs is 2. The lowest BCUT2D eigenvalue weighted by molar-refractivity contribution is -0.137. The summed E-state index contributed by atoms with van der Waals surface area (Å²) in [6.45, 7) is 0. The standard InChI is InChI=1S/C15H19NO3/c1-16-12-7-8-15(16,18)10-13(9-12)19-14(17)11-5-3-2-4-6-11/h2-6,12-13,18H,7-10H2,1H3/t12-,13-,15-/m0/s1. The fourth-order valence-electron chi connectivity index (χ4n) is 3.26. The Kier molecular flexibility index (Phi) is 3.07. The van der Waals surface area contributed by atoms with E-state index >= 15 is 0 Å². The maximum atomic E-state index is 12.0. The fraction of sp³-hybridized carbons (Fsp3) is 0.533. The summed E-state index contributed by atoms with van der Waals surface area (Å²) in [6, 6.07) is 9.34. The van der Waals surface area contributed by atoms with Crippen LogP contribution in [0.2, 0.25) is 0 Å². The highest BCUT2D eigenvalue weighted by Crippen LogP contribution is 2.42. The van der Waals surface area contributed by atoms with Crippen LogP contribution in [0.25, 0.3) is 0 Å². The number of benzene rings is 1. The minimum atomic E-state index is -0.787. The molecule has 1 aromatic carbocycles. The van der Waals surface area contributed by atoms with Crippen LogP contribution in [0.5, 0.6) is 0 Å². The molecule has 0 aliphatic carbocycles. The van der Waals surface area contributed by atoms with Gasteiger partial charge in [-0.3, -0.25) is 4.90 Å². The number of carbonyl (C=O) groups is 1. The van der Waals surface area contributed by atoms with Crippen LogP contribution >= 0.6 is 0 Å². The van der Waals surface area contributed by atoms with Crippen LogP contribution in [-0.4, -0.2) is 40.9 Å². The number of ether oxygens (including phenoxy) is 1. The van der Waals surface area contributed by atoms with Gasteiger partial charge < -0.3 is 9.84 Å². The molecule has 2 saturated heterocycles. The van der Waals surface area contributed by atoms with Crippen molar-refractivity contribution in [2.75, 3.05) is 7.05 Å². The third kappa shape index (κ3) is 2.26. The van der Waals surface area contributed by atoms with Crippen LogP contribution in [0.3, 0.4) is 0 Å². The number of esters is 1. The number of aliphatic hydroxyl groups is 1. The molecule has 0 spiro atoms. The second-order valence-corrected chi connectivity index (χ2v) is 5.62. The minimum Gasteiger partial charge on any atom is -0.459 e. The first-order valence-electron chi connectivity index (χ1n) is 6.80. The van der Waals surface area contributed by atoms with Gasteiger partial charge in [0.2, 0.25) is 0 Å². The van der Waals surface area contributed by atoms with E-state index in [1.807, 2.05) is 30.1 Å². The van der Waals surface area contributed by atoms with Gasteiger partial charge in [-0.2, -0.15) is 0 Å². The van der Waals surface area contributed by atoms with E-state index < -0.39 is 5.72 Å². The SMILES string of the molecule is CN1[C@H]2CC[C@]1(O)C[C@@H](OC(=O)c1ccccc1)C2. The number of hydrogen-bond acceptors (Lipinski definition) is 4. The largest absolute Gasteiger partial charge is 0.459 e. The molecular weight excluding hydrogens is 242 g/mol. The summed E-state index contributed by atoms with van der Waals surface area (Å²) in [6.07, 6.45) is 2.90. The van der Waals surface area contributed by atoms with Gasteiger partial charge in [0, 0.05) is 18.9 Å². The second-order valence-electron chi connectivity index (χ2n) is 5.62. The van der Waals surface area contributed by atoms with Gasteiger partial charge in [-0.25, -0.2) is 4.79 Å². The van der Waals surface area contributed by atoms with Gasteiger partial charge in [-0.1, -0.05) is 18.2 Å². The van der Waals surface area contributed by atoms with Crippen molar-refractivity contribution < 1.29 is 14.6 Å². The maximum absolute atomic E-state index is 12.0. The van der Waals surface area contributed by atoms with Gasteiger partial charge in [-0.05, 0) is 32.0 Å². The molecule has 0 aromatic heterocycles. The Morgan fingerprint density at radius 1 is 1.42 bits per heavy atom. The average molecular weight is 261 g/mol. The van der Waals surface area contributed by atoms with E-state index in [1.54, 1.807) is 12.1 Å². The zero-order valence-corrected chi connectivity index (χ0v) is 11.1. The normalized spacial score (nSPS) is 34.2. The Labute approximate surface area is 113 Å². The summed E-state index contributed by atoms with van der Waals surface area (Å²) in [4.78, 5) is 14.0. The summed E-state index contributed by atoms with van der Waals surface area (Å²) >= 11 is 0. The average Bonchev–Trinajstić information content (AvgIpc) is 2.60. The number of rotatable bonds is 2. The lowest BCUT2D eigenvalue weighted by Gasteiger charge is -2.41. The first kappa shape index (κ1) is 12.6. The Morgan fingerprint density at radius 2 is 2.16 bits per heavy atom. The maximum Gasteiger partial charge on any atom is 0.338 e. The van der Waals surface area contributed by atoms with E-state index in [1.165, 1.54) is 0 Å². The summed E-state index contributed by atoms with van der Waals surface area (Å²) in [7, 11) is 1.95. The smallest absolute Gasteiger partial charge is 0.338 e. The predicted molar refractivity (Wildman–Crippen MR) is 70.6 cm³/mol. The van der Waals surface area contributed by atoms with Crippen LogP contribution in [0.4, 0.5) is 0 Å². The molecule has 2 heterocycles. The zero-order valence-electron chi connectivity index (χ0n) is 11.1. The third-order valence-corrected chi connectivity index (χ3v) is 4.45. The van der Waals surface area contributed by atoms with E-state index in [0.717, 1.165) is 19.3 Å². The molecule has 1 N–H and O–H groups in total. The lowest BCUT2D eigenvalue weighted by atomic mass is 9.97. The molecule has 3 atom stereocenters. The van der Waals surface area contributed by atoms with Gasteiger partial charge in [-0.15, -0.1) is 0 Å². The van der Waals surface area contributed by atoms with E-state index in [2.05, 4.69) is 0 Å². The van der Waals surface area contributed by atoms with Crippen LogP contribution < -0.4 is 0 Å². The Morgan fingerprint density at radius 3 is 2.84 bits per heavy atom. The molecule has 2 fully saturated rings. The molecule has 19 heavy (non-hydrogen) atoms. The Hall–Kier alpha value is -1.39. The number of piperidine rings is 1. The Bertz CT molecular complexity index is 476. The highest BCUT2D eigenvalue weighted by atomic mass is 16.5. The highest BCUT2D eigenvalue weighted by molar-refractivity contribution is 5.89. The summed E-state index contributed by atoms with van der Waals surface area (Å²) in [5.41, 5.74) is -0.217. The minimum absolute atomic E-state index is 0.179. The molecule has 2 aliphatic heterocycles. The number of carbonyl (C=O) groups excluding carboxylic acids is 1. The van der Waals surface area contributed by atoms with Crippen LogP contribution in [-0.2, 0) is 4.74 Å². The second kappa shape index (κ2) is 4.62. The topological polar surface area (TPSA) is 49.8 Å². The molecule has 0 unspecified atom stereocenters. The molecule has 4 heteroatoms. The molecule has 102 valence electrons. The molecule has 4 nitrogen and oxygen atoms in total. The highest BCUT2D eigenvalue weighted by Gasteiger charge is 2.49. The fourth-order valence-corrected chi connectivity index (χ4v) is 3.26. The third-order valence-electron chi connectivity index (χ3n) is 4.45. The number of nitrogens with zero attached hydrogens (tertiary/aromatic N) is 1. The van der Waals surface area contributed by atoms with Gasteiger partial charge in [0.1, 0.15) is 11.8 Å². The van der Waals surface area contributed by atoms with Crippen LogP contribution in [0.15, 0.2) is 30.3 Å². The number of hydrogen-bond donors (Lipinski definition) is 1. The molecule has 3 rings (SSSR count). The van der Waals surface area contributed by atoms with E-state index in [-0.39, 0.29) is 12.1 Å². The van der Waals surface area contributed by atoms with Crippen LogP contribution in [0, 0.1) is 0 Å². The van der Waals surface area contributed by atoms with Crippen molar-refractivity contribution in [2.45, 2.75) is 43.6 Å². The van der Waals surface area contributed by atoms with Crippen molar-refractivity contribution in [1.82, 2.24) is 4.90 Å². The first-order valence-corrected chi connectivity index (χ1v) is 6.80. The quantitative estimate of drug-likeness (QED) is 0.825. The monoisotopic (exact) mass is 261 g/mol. The molecular formula is C15H19NO3. The van der Waals surface area contributed by atoms with Gasteiger partial charge in [0.25, 0.3) is 0 Å². The van der Waals surface area contributed by atoms with Gasteiger partial charge in [0.05, 0.1) is 5.56 Å². The molecule has 0 saturated carbocycles. The van der Waals surface area contributed by atoms with E-state index in [9.17, 15) is 9.90 Å². The van der Waals surface area contributed by atoms with Crippen molar-refractivity contribution in [3.05, 3.63) is 35.9 Å². The van der Waals surface area contributed by atoms with E-state index in [4.69, 9.17) is 4.74 Å². The van der Waals surface area contributed by atoms with Crippen molar-refractivity contribution in [1.29, 1.82) is 0 Å². The lowest BCUT2D eigenvalue weighted by Crippen LogP contribution is -2.52. The molecule has 0 radical (unpaired) electrons. The zero-order chi connectivity index (χ0) is 13.5. The van der Waals surface area contributed by atoms with Gasteiger partial charge in [0.15, 0.2) is 0 Å². The molecule has 1 aromatic rings. The summed E-state index contributed by atoms with van der Waals surface area (Å²) in [5.74, 6) is -0.293. The molecule has 2 bridgehead atoms. The van der Waals surface area contributed by atoms with E-state index in [0.29, 0.717) is 18.0 Å². The molecule has 0 amide bonds. The van der Waals surface area contributed by atoms with Crippen LogP contribution in [0.1, 0.15) is 36.0 Å². The van der Waals surface area contributed by atoms with Crippen molar-refractivity contribution >= 4 is 5.97 Å². The Balaban J connectivity index is 1.68. The predicted octanol–water partition coefficient (Wildman–Crippen LogP) is 1.79. The summed E-state index contributed by atoms with van der Waals surface area (Å²) in [5, 5.41) is 10.5. The summed E-state index contributed by atoms with van der Waals surface area (Å²) < 4.78 is 5.55. The van der Waals surface area contributed by atoms with Crippen molar-refractivity contribution in [3.63, 3.8) is 0 Å².